The number of terminal acetylenes is 1. The number of aliphatic hydroxyl groups excluding tert-OH is 1. The minimum Gasteiger partial charge on any atom is -0.505 e. The van der Waals surface area contributed by atoms with Crippen LogP contribution in [0.3, 0.4) is 0 Å². The smallest absolute Gasteiger partial charge is 0.257 e. The van der Waals surface area contributed by atoms with Crippen molar-refractivity contribution in [1.29, 1.82) is 0 Å². The van der Waals surface area contributed by atoms with Crippen LogP contribution in [0.4, 0.5) is 5.69 Å². The van der Waals surface area contributed by atoms with Gasteiger partial charge in [-0.05, 0) is 12.1 Å². The standard InChI is InChI=1S/C16H20N4O5.3C2H6.C2H2/c1-17-10(21)7-18-11-12(15(24)14(11)23)19-9-6-4-5-8(13(9)22)16(25)20(2)3;4*1-2/h4-6,14,18-19,22-23H,7H2,1-3H3,(H,17,21);3*1-2H3;1-2H. The zero-order chi connectivity index (χ0) is 26.7. The Bertz CT molecular complexity index is 801. The van der Waals surface area contributed by atoms with Gasteiger partial charge in [0, 0.05) is 21.1 Å². The van der Waals surface area contributed by atoms with Crippen molar-refractivity contribution >= 4 is 23.3 Å². The van der Waals surface area contributed by atoms with Crippen molar-refractivity contribution in [3.63, 3.8) is 0 Å². The number of aliphatic hydroxyl groups is 1. The summed E-state index contributed by atoms with van der Waals surface area (Å²) in [7, 11) is 4.57. The highest BCUT2D eigenvalue weighted by Crippen LogP contribution is 2.32. The Morgan fingerprint density at radius 1 is 1.06 bits per heavy atom. The molecule has 2 rings (SSSR count). The second kappa shape index (κ2) is 19.2. The Labute approximate surface area is 198 Å². The van der Waals surface area contributed by atoms with Crippen LogP contribution < -0.4 is 16.0 Å². The zero-order valence-electron chi connectivity index (χ0n) is 21.2. The Kier molecular flexibility index (Phi) is 19.8. The number of aromatic hydroxyl groups is 1. The van der Waals surface area contributed by atoms with E-state index in [1.165, 1.54) is 24.1 Å². The quantitative estimate of drug-likeness (QED) is 0.322. The molecule has 0 bridgehead atoms. The zero-order valence-corrected chi connectivity index (χ0v) is 21.2. The van der Waals surface area contributed by atoms with Gasteiger partial charge in [0.25, 0.3) is 5.91 Å². The second-order valence-corrected chi connectivity index (χ2v) is 5.61. The van der Waals surface area contributed by atoms with E-state index in [1.807, 2.05) is 41.5 Å². The van der Waals surface area contributed by atoms with Crippen LogP contribution in [0, 0.1) is 12.8 Å². The first-order chi connectivity index (χ1) is 15.8. The molecule has 9 heteroatoms. The number of likely N-dealkylation sites (N-methyl/N-ethyl adjacent to an activating group) is 1. The molecule has 1 aliphatic rings. The normalized spacial score (nSPS) is 12.8. The molecule has 0 saturated carbocycles. The molecule has 0 saturated heterocycles. The topological polar surface area (TPSA) is 131 Å². The monoisotopic (exact) mass is 464 g/mol. The molecule has 0 aliphatic heterocycles. The number of anilines is 1. The van der Waals surface area contributed by atoms with Gasteiger partial charge in [0.2, 0.25) is 11.7 Å². The van der Waals surface area contributed by atoms with Gasteiger partial charge in [-0.2, -0.15) is 0 Å². The van der Waals surface area contributed by atoms with E-state index in [4.69, 9.17) is 0 Å². The molecule has 1 aliphatic carbocycles. The van der Waals surface area contributed by atoms with Gasteiger partial charge in [-0.1, -0.05) is 47.6 Å². The largest absolute Gasteiger partial charge is 0.505 e. The summed E-state index contributed by atoms with van der Waals surface area (Å²) in [5.74, 6) is -1.61. The molecule has 1 aromatic rings. The maximum atomic E-state index is 12.0. The van der Waals surface area contributed by atoms with Gasteiger partial charge in [0.1, 0.15) is 5.70 Å². The molecule has 0 heterocycles. The number of hydrogen-bond donors (Lipinski definition) is 5. The van der Waals surface area contributed by atoms with Crippen LogP contribution in [-0.2, 0) is 9.59 Å². The van der Waals surface area contributed by atoms with Crippen molar-refractivity contribution in [3.8, 4) is 18.6 Å². The number of phenols is 1. The Hall–Kier alpha value is -3.51. The van der Waals surface area contributed by atoms with Crippen LogP contribution in [0.2, 0.25) is 0 Å². The van der Waals surface area contributed by atoms with Gasteiger partial charge < -0.3 is 31.1 Å². The van der Waals surface area contributed by atoms with E-state index in [0.717, 1.165) is 0 Å². The second-order valence-electron chi connectivity index (χ2n) is 5.61. The highest BCUT2D eigenvalue weighted by Gasteiger charge is 2.38. The number of phenolic OH excluding ortho intramolecular Hbond substituents is 1. The molecular formula is C24H40N4O5. The first-order valence-corrected chi connectivity index (χ1v) is 10.8. The Morgan fingerprint density at radius 3 is 2.03 bits per heavy atom. The number of benzene rings is 1. The van der Waals surface area contributed by atoms with Crippen molar-refractivity contribution in [2.24, 2.45) is 0 Å². The molecule has 0 aromatic heterocycles. The van der Waals surface area contributed by atoms with E-state index >= 15 is 0 Å². The van der Waals surface area contributed by atoms with Crippen LogP contribution in [0.1, 0.15) is 51.9 Å². The van der Waals surface area contributed by atoms with Crippen LogP contribution in [0.25, 0.3) is 0 Å². The minimum absolute atomic E-state index is 0.0288. The van der Waals surface area contributed by atoms with Crippen molar-refractivity contribution in [3.05, 3.63) is 35.2 Å². The van der Waals surface area contributed by atoms with Gasteiger partial charge in [-0.25, -0.2) is 0 Å². The first kappa shape index (κ1) is 34.1. The molecular weight excluding hydrogens is 424 g/mol. The molecule has 33 heavy (non-hydrogen) atoms. The summed E-state index contributed by atoms with van der Waals surface area (Å²) in [4.78, 5) is 36.5. The predicted octanol–water partition coefficient (Wildman–Crippen LogP) is 2.32. The number of amides is 2. The fourth-order valence-electron chi connectivity index (χ4n) is 2.23. The lowest BCUT2D eigenvalue weighted by Crippen LogP contribution is -2.47. The molecule has 1 aromatic carbocycles. The molecule has 1 unspecified atom stereocenters. The molecule has 0 spiro atoms. The maximum absolute atomic E-state index is 12.0. The first-order valence-electron chi connectivity index (χ1n) is 10.8. The number of carbonyl (C=O) groups is 3. The van der Waals surface area contributed by atoms with Crippen molar-refractivity contribution < 1.29 is 24.6 Å². The van der Waals surface area contributed by atoms with Gasteiger partial charge in [0.05, 0.1) is 23.5 Å². The fraction of sp³-hybridized carbons (Fsp3) is 0.458. The van der Waals surface area contributed by atoms with Crippen molar-refractivity contribution in [2.45, 2.75) is 47.6 Å². The number of rotatable bonds is 6. The van der Waals surface area contributed by atoms with Crippen LogP contribution in [-0.4, -0.2) is 66.5 Å². The Balaban J connectivity index is -0.00000101. The van der Waals surface area contributed by atoms with E-state index < -0.39 is 17.8 Å². The molecule has 5 N–H and O–H groups in total. The molecule has 9 nitrogen and oxygen atoms in total. The van der Waals surface area contributed by atoms with Crippen molar-refractivity contribution in [2.75, 3.05) is 33.0 Å². The molecule has 2 amide bonds. The summed E-state index contributed by atoms with van der Waals surface area (Å²) in [5, 5.41) is 27.8. The number of nitrogens with one attached hydrogen (secondary N) is 3. The van der Waals surface area contributed by atoms with E-state index in [0.29, 0.717) is 0 Å². The third-order valence-electron chi connectivity index (χ3n) is 3.69. The van der Waals surface area contributed by atoms with E-state index in [2.05, 4.69) is 28.8 Å². The lowest BCUT2D eigenvalue weighted by atomic mass is 9.94. The third-order valence-corrected chi connectivity index (χ3v) is 3.69. The van der Waals surface area contributed by atoms with Gasteiger partial charge in [-0.3, -0.25) is 14.4 Å². The van der Waals surface area contributed by atoms with Crippen molar-refractivity contribution in [1.82, 2.24) is 15.5 Å². The molecule has 0 fully saturated rings. The fourth-order valence-corrected chi connectivity index (χ4v) is 2.23. The van der Waals surface area contributed by atoms with Crippen LogP contribution in [0.5, 0.6) is 5.75 Å². The minimum atomic E-state index is -1.36. The number of Topliss-reactive ketones (excluding diaryl/α,β-unsaturated/α-hetero) is 1. The lowest BCUT2D eigenvalue weighted by molar-refractivity contribution is -0.125. The van der Waals surface area contributed by atoms with E-state index in [1.54, 1.807) is 20.2 Å². The van der Waals surface area contributed by atoms with E-state index in [-0.39, 0.29) is 40.8 Å². The summed E-state index contributed by atoms with van der Waals surface area (Å²) in [6.45, 7) is 11.9. The summed E-state index contributed by atoms with van der Waals surface area (Å²) in [6, 6.07) is 4.50. The maximum Gasteiger partial charge on any atom is 0.257 e. The summed E-state index contributed by atoms with van der Waals surface area (Å²) in [6.07, 6.45) is 6.64. The van der Waals surface area contributed by atoms with Crippen LogP contribution >= 0.6 is 0 Å². The van der Waals surface area contributed by atoms with Crippen LogP contribution in [0.15, 0.2) is 29.6 Å². The van der Waals surface area contributed by atoms with E-state index in [9.17, 15) is 24.6 Å². The lowest BCUT2D eigenvalue weighted by Gasteiger charge is -2.29. The predicted molar refractivity (Wildman–Crippen MR) is 134 cm³/mol. The van der Waals surface area contributed by atoms with Gasteiger partial charge in [-0.15, -0.1) is 12.8 Å². The van der Waals surface area contributed by atoms with Gasteiger partial charge >= 0.3 is 0 Å². The average Bonchev–Trinajstić information content (AvgIpc) is 2.88. The summed E-state index contributed by atoms with van der Waals surface area (Å²) < 4.78 is 0. The Morgan fingerprint density at radius 2 is 1.58 bits per heavy atom. The number of para-hydroxylation sites is 1. The number of hydrogen-bond acceptors (Lipinski definition) is 7. The molecule has 0 radical (unpaired) electrons. The summed E-state index contributed by atoms with van der Waals surface area (Å²) in [5.41, 5.74) is 0.392. The number of ketones is 1. The summed E-state index contributed by atoms with van der Waals surface area (Å²) >= 11 is 0. The highest BCUT2D eigenvalue weighted by atomic mass is 16.3. The average molecular weight is 465 g/mol. The molecule has 1 atom stereocenters. The third kappa shape index (κ3) is 9.66. The SMILES string of the molecule is C#C.CC.CC.CC.CNC(=O)CNC1=C(Nc2cccc(C(=O)N(C)C)c2O)C(=O)C1O. The molecule has 186 valence electrons. The van der Waals surface area contributed by atoms with Gasteiger partial charge in [0.15, 0.2) is 11.9 Å². The highest BCUT2D eigenvalue weighted by molar-refractivity contribution is 6.11. The number of carbonyl (C=O) groups excluding carboxylic acids is 3. The number of nitrogens with zero attached hydrogens (tertiary/aromatic N) is 1.